The van der Waals surface area contributed by atoms with Crippen molar-refractivity contribution in [3.05, 3.63) is 15.1 Å². The molecule has 2 aromatic rings. The van der Waals surface area contributed by atoms with Crippen LogP contribution in [0.3, 0.4) is 0 Å². The number of halogens is 1. The number of rotatable bonds is 2. The Kier molecular flexibility index (Phi) is 6.17. The van der Waals surface area contributed by atoms with Gasteiger partial charge in [0.25, 0.3) is 5.56 Å². The highest BCUT2D eigenvalue weighted by atomic mass is 79.9. The van der Waals surface area contributed by atoms with E-state index in [0.29, 0.717) is 0 Å². The van der Waals surface area contributed by atoms with Crippen LogP contribution in [-0.2, 0) is 9.30 Å². The molecule has 3 heterocycles. The van der Waals surface area contributed by atoms with Gasteiger partial charge >= 0.3 is 7.82 Å². The van der Waals surface area contributed by atoms with E-state index in [-0.39, 0.29) is 21.8 Å². The summed E-state index contributed by atoms with van der Waals surface area (Å²) >= 11 is 3.15. The first-order valence-electron chi connectivity index (χ1n) is 6.78. The van der Waals surface area contributed by atoms with E-state index >= 15 is 0 Å². The zero-order valence-electron chi connectivity index (χ0n) is 12.7. The molecule has 0 aromatic carbocycles. The van der Waals surface area contributed by atoms with Crippen LogP contribution < -0.4 is 11.3 Å². The number of aliphatic hydroxyl groups excluding tert-OH is 3. The quantitative estimate of drug-likeness (QED) is 0.167. The smallest absolute Gasteiger partial charge is 0.394 e. The number of H-pyrrole nitrogens is 1. The Balaban J connectivity index is 0.000000431. The zero-order valence-corrected chi connectivity index (χ0v) is 15.1. The number of aliphatic hydroxyl groups is 3. The van der Waals surface area contributed by atoms with Gasteiger partial charge in [-0.05, 0) is 15.9 Å². The van der Waals surface area contributed by atoms with Gasteiger partial charge < -0.3 is 40.5 Å². The molecule has 1 aliphatic rings. The van der Waals surface area contributed by atoms with E-state index in [4.69, 9.17) is 34.8 Å². The third-order valence-corrected chi connectivity index (χ3v) is 3.86. The Bertz CT molecular complexity index is 889. The van der Waals surface area contributed by atoms with Crippen LogP contribution in [-0.4, -0.2) is 74.4 Å². The molecule has 0 bridgehead atoms. The number of imidazole rings is 1. The minimum Gasteiger partial charge on any atom is -0.394 e. The van der Waals surface area contributed by atoms with E-state index in [9.17, 15) is 15.0 Å². The van der Waals surface area contributed by atoms with Gasteiger partial charge in [-0.3, -0.25) is 14.3 Å². The molecule has 9 N–H and O–H groups in total. The summed E-state index contributed by atoms with van der Waals surface area (Å²) in [5.74, 6) is -0.118. The molecule has 2 aromatic heterocycles. The highest BCUT2D eigenvalue weighted by molar-refractivity contribution is 9.10. The van der Waals surface area contributed by atoms with Crippen LogP contribution in [0.1, 0.15) is 6.23 Å². The van der Waals surface area contributed by atoms with Crippen molar-refractivity contribution in [2.75, 3.05) is 12.3 Å². The predicted molar refractivity (Wildman–Crippen MR) is 87.5 cm³/mol. The summed E-state index contributed by atoms with van der Waals surface area (Å²) in [7, 11) is -4.64. The van der Waals surface area contributed by atoms with E-state index in [2.05, 4.69) is 30.9 Å². The number of aromatic amines is 1. The first-order chi connectivity index (χ1) is 11.9. The van der Waals surface area contributed by atoms with Gasteiger partial charge in [-0.2, -0.15) is 4.98 Å². The molecule has 26 heavy (non-hydrogen) atoms. The number of hydrogen-bond donors (Lipinski definition) is 8. The van der Waals surface area contributed by atoms with Gasteiger partial charge in [0.1, 0.15) is 18.3 Å². The lowest BCUT2D eigenvalue weighted by Gasteiger charge is -2.17. The Morgan fingerprint density at radius 1 is 1.27 bits per heavy atom. The molecule has 4 atom stereocenters. The molecule has 1 aliphatic heterocycles. The normalized spacial score (nSPS) is 26.0. The van der Waals surface area contributed by atoms with Crippen LogP contribution in [0.15, 0.2) is 9.53 Å². The van der Waals surface area contributed by atoms with Crippen LogP contribution >= 0.6 is 23.8 Å². The molecular formula is C10H15BrN5O9P. The molecule has 0 unspecified atom stereocenters. The minimum absolute atomic E-state index is 0.00816. The standard InChI is InChI=1S/C10H12BrN5O5.H3O4P/c11-9-13-3-6(14-10(12)15-7(3)20)16(9)8-5(19)4(18)2(1-17)21-8;1-5(2,3)4/h2,4-5,8,17-19H,1H2,(H3,12,14,15,20);(H3,1,2,3,4)/t2-,4-,5-,8-;/m1./s1. The number of hydrogen-bond acceptors (Lipinski definition) is 9. The fourth-order valence-electron chi connectivity index (χ4n) is 2.29. The predicted octanol–water partition coefficient (Wildman–Crippen LogP) is -2.85. The van der Waals surface area contributed by atoms with Gasteiger partial charge in [0.15, 0.2) is 22.1 Å². The van der Waals surface area contributed by atoms with Crippen molar-refractivity contribution in [2.24, 2.45) is 0 Å². The average Bonchev–Trinajstić information content (AvgIpc) is 2.96. The van der Waals surface area contributed by atoms with Gasteiger partial charge in [0, 0.05) is 0 Å². The number of phosphoric acid groups is 1. The van der Waals surface area contributed by atoms with Crippen molar-refractivity contribution >= 4 is 40.9 Å². The van der Waals surface area contributed by atoms with E-state index < -0.39 is 44.5 Å². The first-order valence-corrected chi connectivity index (χ1v) is 9.13. The van der Waals surface area contributed by atoms with Gasteiger partial charge in [0.05, 0.1) is 6.61 Å². The third-order valence-electron chi connectivity index (χ3n) is 3.30. The average molecular weight is 460 g/mol. The summed E-state index contributed by atoms with van der Waals surface area (Å²) in [6.07, 6.45) is -4.61. The molecule has 0 amide bonds. The van der Waals surface area contributed by atoms with E-state index in [1.165, 1.54) is 4.57 Å². The monoisotopic (exact) mass is 459 g/mol. The largest absolute Gasteiger partial charge is 0.466 e. The Morgan fingerprint density at radius 2 is 1.85 bits per heavy atom. The molecule has 14 nitrogen and oxygen atoms in total. The van der Waals surface area contributed by atoms with Crippen molar-refractivity contribution in [3.8, 4) is 0 Å². The van der Waals surface area contributed by atoms with Crippen molar-refractivity contribution < 1.29 is 39.3 Å². The summed E-state index contributed by atoms with van der Waals surface area (Å²) in [4.78, 5) is 43.6. The van der Waals surface area contributed by atoms with Gasteiger partial charge in [0.2, 0.25) is 5.95 Å². The molecule has 146 valence electrons. The Hall–Kier alpha value is -1.42. The maximum atomic E-state index is 11.8. The summed E-state index contributed by atoms with van der Waals surface area (Å²) in [6, 6.07) is 0. The van der Waals surface area contributed by atoms with E-state index in [0.717, 1.165) is 0 Å². The fraction of sp³-hybridized carbons (Fsp3) is 0.500. The van der Waals surface area contributed by atoms with Crippen molar-refractivity contribution in [1.29, 1.82) is 0 Å². The number of fused-ring (bicyclic) bond motifs is 1. The Morgan fingerprint density at radius 3 is 2.35 bits per heavy atom. The van der Waals surface area contributed by atoms with Crippen molar-refractivity contribution in [3.63, 3.8) is 0 Å². The lowest BCUT2D eigenvalue weighted by Crippen LogP contribution is -2.33. The van der Waals surface area contributed by atoms with Crippen LogP contribution in [0.2, 0.25) is 0 Å². The lowest BCUT2D eigenvalue weighted by molar-refractivity contribution is -0.0521. The van der Waals surface area contributed by atoms with Gasteiger partial charge in [-0.1, -0.05) is 0 Å². The minimum atomic E-state index is -4.64. The van der Waals surface area contributed by atoms with Crippen LogP contribution in [0, 0.1) is 0 Å². The second-order valence-electron chi connectivity index (χ2n) is 5.12. The second-order valence-corrected chi connectivity index (χ2v) is 6.85. The van der Waals surface area contributed by atoms with Crippen LogP contribution in [0.25, 0.3) is 11.2 Å². The lowest BCUT2D eigenvalue weighted by atomic mass is 10.1. The highest BCUT2D eigenvalue weighted by Gasteiger charge is 2.44. The highest BCUT2D eigenvalue weighted by Crippen LogP contribution is 2.33. The molecule has 1 saturated heterocycles. The number of nitrogens with one attached hydrogen (secondary N) is 1. The zero-order chi connectivity index (χ0) is 19.8. The molecule has 0 spiro atoms. The molecular weight excluding hydrogens is 445 g/mol. The van der Waals surface area contributed by atoms with Gasteiger partial charge in [-0.15, -0.1) is 0 Å². The van der Waals surface area contributed by atoms with Gasteiger partial charge in [-0.25, -0.2) is 9.55 Å². The van der Waals surface area contributed by atoms with Crippen molar-refractivity contribution in [2.45, 2.75) is 24.5 Å². The third kappa shape index (κ3) is 4.46. The number of nitrogens with two attached hydrogens (primary N) is 1. The number of nitrogens with zero attached hydrogens (tertiary/aromatic N) is 3. The maximum Gasteiger partial charge on any atom is 0.466 e. The Labute approximate surface area is 152 Å². The summed E-state index contributed by atoms with van der Waals surface area (Å²) < 4.78 is 15.8. The topological polar surface area (TPSA) is 237 Å². The molecule has 0 saturated carbocycles. The second kappa shape index (κ2) is 7.67. The SMILES string of the molecule is Nc1nc2c(nc(Br)n2[C@@H]2O[C@H](CO)[C@@H](O)[C@H]2O)c(=O)[nH]1.O=P(O)(O)O. The van der Waals surface area contributed by atoms with Crippen LogP contribution in [0.4, 0.5) is 5.95 Å². The molecule has 0 radical (unpaired) electrons. The molecule has 0 aliphatic carbocycles. The summed E-state index contributed by atoms with van der Waals surface area (Å²) in [5.41, 5.74) is 5.07. The van der Waals surface area contributed by atoms with E-state index in [1.807, 2.05) is 0 Å². The fourth-order valence-corrected chi connectivity index (χ4v) is 2.84. The number of nitrogen functional groups attached to an aromatic ring is 1. The van der Waals surface area contributed by atoms with Crippen LogP contribution in [0.5, 0.6) is 0 Å². The number of anilines is 1. The first kappa shape index (κ1) is 20.9. The molecule has 3 rings (SSSR count). The summed E-state index contributed by atoms with van der Waals surface area (Å²) in [5, 5.41) is 29.0. The molecule has 16 heteroatoms. The maximum absolute atomic E-state index is 11.8. The number of aromatic nitrogens is 4. The van der Waals surface area contributed by atoms with Crippen molar-refractivity contribution in [1.82, 2.24) is 19.5 Å². The summed E-state index contributed by atoms with van der Waals surface area (Å²) in [6.45, 7) is -0.463. The van der Waals surface area contributed by atoms with E-state index in [1.54, 1.807) is 0 Å². The number of ether oxygens (including phenoxy) is 1. The molecule has 1 fully saturated rings.